The highest BCUT2D eigenvalue weighted by Crippen LogP contribution is 2.41. The molecule has 2 aromatic rings. The van der Waals surface area contributed by atoms with Gasteiger partial charge in [0.2, 0.25) is 0 Å². The maximum absolute atomic E-state index is 11.8. The quantitative estimate of drug-likeness (QED) is 0.870. The van der Waals surface area contributed by atoms with Gasteiger partial charge in [-0.05, 0) is 30.5 Å². The fourth-order valence-corrected chi connectivity index (χ4v) is 3.05. The molecular formula is C17H19NO3. The lowest BCUT2D eigenvalue weighted by Crippen LogP contribution is -2.21. The van der Waals surface area contributed by atoms with Gasteiger partial charge in [-0.1, -0.05) is 6.92 Å². The van der Waals surface area contributed by atoms with E-state index in [0.717, 1.165) is 29.8 Å². The first-order valence-electron chi connectivity index (χ1n) is 7.15. The lowest BCUT2D eigenvalue weighted by Gasteiger charge is -2.30. The second-order valence-corrected chi connectivity index (χ2v) is 5.29. The van der Waals surface area contributed by atoms with Crippen LogP contribution in [0.3, 0.4) is 0 Å². The first-order chi connectivity index (χ1) is 10.2. The molecule has 1 atom stereocenters. The third kappa shape index (κ3) is 2.20. The van der Waals surface area contributed by atoms with Gasteiger partial charge in [-0.3, -0.25) is 4.79 Å². The number of hydrogen-bond donors (Lipinski definition) is 0. The Morgan fingerprint density at radius 1 is 1.19 bits per heavy atom. The average molecular weight is 285 g/mol. The third-order valence-corrected chi connectivity index (χ3v) is 4.16. The van der Waals surface area contributed by atoms with E-state index in [0.29, 0.717) is 11.8 Å². The highest BCUT2D eigenvalue weighted by molar-refractivity contribution is 5.70. The number of rotatable bonds is 3. The van der Waals surface area contributed by atoms with E-state index in [-0.39, 0.29) is 5.43 Å². The van der Waals surface area contributed by atoms with Crippen LogP contribution < -0.4 is 14.9 Å². The van der Waals surface area contributed by atoms with E-state index in [9.17, 15) is 4.79 Å². The number of nitrogens with zero attached hydrogens (tertiary/aromatic N) is 1. The molecule has 110 valence electrons. The van der Waals surface area contributed by atoms with Crippen molar-refractivity contribution in [2.45, 2.75) is 25.8 Å². The van der Waals surface area contributed by atoms with E-state index < -0.39 is 0 Å². The van der Waals surface area contributed by atoms with Crippen LogP contribution in [0.15, 0.2) is 35.3 Å². The summed E-state index contributed by atoms with van der Waals surface area (Å²) in [6.07, 6.45) is 3.84. The maximum atomic E-state index is 11.8. The summed E-state index contributed by atoms with van der Waals surface area (Å²) in [5, 5.41) is 0. The van der Waals surface area contributed by atoms with E-state index in [1.54, 1.807) is 26.4 Å². The molecule has 0 bridgehead atoms. The predicted octanol–water partition coefficient (Wildman–Crippen LogP) is 3.04. The first kappa shape index (κ1) is 13.7. The average Bonchev–Trinajstić information content (AvgIpc) is 2.52. The smallest absolute Gasteiger partial charge is 0.182 e. The predicted molar refractivity (Wildman–Crippen MR) is 82.3 cm³/mol. The molecule has 1 aliphatic heterocycles. The Balaban J connectivity index is 2.26. The van der Waals surface area contributed by atoms with Gasteiger partial charge >= 0.3 is 0 Å². The van der Waals surface area contributed by atoms with Crippen molar-refractivity contribution in [2.75, 3.05) is 14.2 Å². The Kier molecular flexibility index (Phi) is 3.45. The number of fused-ring (bicyclic) bond motifs is 3. The van der Waals surface area contributed by atoms with Crippen molar-refractivity contribution in [2.24, 2.45) is 0 Å². The molecule has 0 N–H and O–H groups in total. The molecule has 1 unspecified atom stereocenters. The van der Waals surface area contributed by atoms with Crippen LogP contribution in [-0.4, -0.2) is 18.8 Å². The molecule has 0 spiro atoms. The van der Waals surface area contributed by atoms with Crippen LogP contribution in [0.4, 0.5) is 0 Å². The van der Waals surface area contributed by atoms with Crippen molar-refractivity contribution in [1.29, 1.82) is 0 Å². The van der Waals surface area contributed by atoms with Crippen LogP contribution in [0.5, 0.6) is 11.5 Å². The van der Waals surface area contributed by atoms with E-state index in [1.807, 2.05) is 18.3 Å². The van der Waals surface area contributed by atoms with Crippen LogP contribution in [0.25, 0.3) is 11.3 Å². The van der Waals surface area contributed by atoms with Crippen molar-refractivity contribution in [3.63, 3.8) is 0 Å². The summed E-state index contributed by atoms with van der Waals surface area (Å²) in [4.78, 5) is 11.8. The van der Waals surface area contributed by atoms with Crippen LogP contribution in [0.1, 0.15) is 24.9 Å². The molecule has 0 fully saturated rings. The molecule has 0 aliphatic carbocycles. The molecule has 1 aromatic carbocycles. The summed E-state index contributed by atoms with van der Waals surface area (Å²) in [5.41, 5.74) is 3.23. The van der Waals surface area contributed by atoms with Crippen molar-refractivity contribution in [3.05, 3.63) is 46.2 Å². The molecule has 4 nitrogen and oxygen atoms in total. The van der Waals surface area contributed by atoms with Gasteiger partial charge < -0.3 is 14.0 Å². The molecule has 21 heavy (non-hydrogen) atoms. The Labute approximate surface area is 123 Å². The first-order valence-corrected chi connectivity index (χ1v) is 7.15. The largest absolute Gasteiger partial charge is 0.493 e. The number of benzene rings is 1. The highest BCUT2D eigenvalue weighted by atomic mass is 16.5. The van der Waals surface area contributed by atoms with Crippen molar-refractivity contribution >= 4 is 0 Å². The topological polar surface area (TPSA) is 40.5 Å². The highest BCUT2D eigenvalue weighted by Gasteiger charge is 2.24. The van der Waals surface area contributed by atoms with Gasteiger partial charge in [0.25, 0.3) is 0 Å². The summed E-state index contributed by atoms with van der Waals surface area (Å²) in [5.74, 6) is 1.42. The van der Waals surface area contributed by atoms with Crippen LogP contribution in [0.2, 0.25) is 0 Å². The van der Waals surface area contributed by atoms with Gasteiger partial charge in [0.05, 0.1) is 19.9 Å². The summed E-state index contributed by atoms with van der Waals surface area (Å²) in [6, 6.07) is 7.68. The monoisotopic (exact) mass is 285 g/mol. The molecule has 0 amide bonds. The molecule has 1 aliphatic rings. The Morgan fingerprint density at radius 2 is 1.90 bits per heavy atom. The minimum Gasteiger partial charge on any atom is -0.493 e. The van der Waals surface area contributed by atoms with Gasteiger partial charge in [0.1, 0.15) is 0 Å². The summed E-state index contributed by atoms with van der Waals surface area (Å²) >= 11 is 0. The third-order valence-electron chi connectivity index (χ3n) is 4.16. The lowest BCUT2D eigenvalue weighted by atomic mass is 9.91. The van der Waals surface area contributed by atoms with Gasteiger partial charge in [-0.15, -0.1) is 0 Å². The molecule has 2 heterocycles. The molecule has 0 saturated heterocycles. The second kappa shape index (κ2) is 5.28. The number of methoxy groups -OCH3 is 2. The second-order valence-electron chi connectivity index (χ2n) is 5.29. The number of aromatic nitrogens is 1. The fraction of sp³-hybridized carbons (Fsp3) is 0.353. The molecule has 1 aromatic heterocycles. The molecule has 0 radical (unpaired) electrons. The number of pyridine rings is 1. The standard InChI is InChI=1S/C17H19NO3/c1-4-12-7-11-8-16(20-2)17(21-3)10-14(11)15-9-13(19)5-6-18(12)15/h5-6,8-10,12H,4,7H2,1-3H3. The van der Waals surface area contributed by atoms with Crippen molar-refractivity contribution in [1.82, 2.24) is 4.57 Å². The number of ether oxygens (including phenoxy) is 2. The van der Waals surface area contributed by atoms with Crippen LogP contribution >= 0.6 is 0 Å². The SMILES string of the molecule is CCC1Cc2cc(OC)c(OC)cc2-c2cc(=O)ccn21. The van der Waals surface area contributed by atoms with Gasteiger partial charge in [-0.25, -0.2) is 0 Å². The van der Waals surface area contributed by atoms with E-state index in [4.69, 9.17) is 9.47 Å². The number of hydrogen-bond acceptors (Lipinski definition) is 3. The molecular weight excluding hydrogens is 266 g/mol. The minimum atomic E-state index is 0.0266. The van der Waals surface area contributed by atoms with Crippen LogP contribution in [-0.2, 0) is 6.42 Å². The summed E-state index contributed by atoms with van der Waals surface area (Å²) in [7, 11) is 3.27. The van der Waals surface area contributed by atoms with Gasteiger partial charge in [0.15, 0.2) is 16.9 Å². The van der Waals surface area contributed by atoms with Crippen molar-refractivity contribution < 1.29 is 9.47 Å². The lowest BCUT2D eigenvalue weighted by molar-refractivity contribution is 0.353. The van der Waals surface area contributed by atoms with E-state index >= 15 is 0 Å². The molecule has 0 saturated carbocycles. The summed E-state index contributed by atoms with van der Waals surface area (Å²) < 4.78 is 13.0. The van der Waals surface area contributed by atoms with Gasteiger partial charge in [-0.2, -0.15) is 0 Å². The fourth-order valence-electron chi connectivity index (χ4n) is 3.05. The van der Waals surface area contributed by atoms with Crippen molar-refractivity contribution in [3.8, 4) is 22.8 Å². The zero-order valence-corrected chi connectivity index (χ0v) is 12.6. The zero-order chi connectivity index (χ0) is 15.0. The molecule has 3 rings (SSSR count). The maximum Gasteiger partial charge on any atom is 0.182 e. The van der Waals surface area contributed by atoms with Crippen LogP contribution in [0, 0.1) is 0 Å². The Hall–Kier alpha value is -2.23. The van der Waals surface area contributed by atoms with Gasteiger partial charge in [0, 0.05) is 29.9 Å². The normalized spacial score (nSPS) is 16.0. The Bertz CT molecular complexity index is 733. The summed E-state index contributed by atoms with van der Waals surface area (Å²) in [6.45, 7) is 2.16. The Morgan fingerprint density at radius 3 is 2.57 bits per heavy atom. The van der Waals surface area contributed by atoms with E-state index in [2.05, 4.69) is 11.5 Å². The molecule has 4 heteroatoms. The zero-order valence-electron chi connectivity index (χ0n) is 12.6. The minimum absolute atomic E-state index is 0.0266. The van der Waals surface area contributed by atoms with E-state index in [1.165, 1.54) is 5.56 Å².